The van der Waals surface area contributed by atoms with E-state index >= 15 is 0 Å². The number of nitrogens with zero attached hydrogens (tertiary/aromatic N) is 7. The third kappa shape index (κ3) is 5.60. The van der Waals surface area contributed by atoms with Crippen molar-refractivity contribution < 1.29 is 0 Å². The second-order valence-electron chi connectivity index (χ2n) is 7.82. The molecule has 7 heteroatoms. The summed E-state index contributed by atoms with van der Waals surface area (Å²) in [6, 6.07) is 8.75. The molecule has 0 amide bonds. The highest BCUT2D eigenvalue weighted by atomic mass is 15.2. The van der Waals surface area contributed by atoms with E-state index in [-0.39, 0.29) is 0 Å². The van der Waals surface area contributed by atoms with Crippen molar-refractivity contribution in [1.29, 1.82) is 0 Å². The SMILES string of the molecule is CCN(CC)CCN(CCN(CC)CC)c1cccc(-c2nc3cncnc3n2C)c1. The lowest BCUT2D eigenvalue weighted by Crippen LogP contribution is -2.40. The number of aryl methyl sites for hydroxylation is 1. The molecule has 1 aromatic carbocycles. The number of likely N-dealkylation sites (N-methyl/N-ethyl adjacent to an activating group) is 2. The Morgan fingerprint density at radius 3 is 2.10 bits per heavy atom. The number of aromatic nitrogens is 4. The van der Waals surface area contributed by atoms with Crippen molar-refractivity contribution in [3.05, 3.63) is 36.8 Å². The van der Waals surface area contributed by atoms with Crippen molar-refractivity contribution >= 4 is 16.9 Å². The van der Waals surface area contributed by atoms with Gasteiger partial charge in [0.25, 0.3) is 0 Å². The van der Waals surface area contributed by atoms with Gasteiger partial charge < -0.3 is 19.3 Å². The van der Waals surface area contributed by atoms with Crippen molar-refractivity contribution in [2.24, 2.45) is 7.05 Å². The molecule has 0 atom stereocenters. The van der Waals surface area contributed by atoms with Gasteiger partial charge in [-0.15, -0.1) is 0 Å². The van der Waals surface area contributed by atoms with Gasteiger partial charge in [-0.1, -0.05) is 39.8 Å². The Hall–Kier alpha value is -2.51. The molecule has 0 saturated carbocycles. The third-order valence-electron chi connectivity index (χ3n) is 6.17. The van der Waals surface area contributed by atoms with Crippen LogP contribution < -0.4 is 4.90 Å². The molecule has 0 unspecified atom stereocenters. The van der Waals surface area contributed by atoms with Crippen molar-refractivity contribution in [2.45, 2.75) is 27.7 Å². The van der Waals surface area contributed by atoms with Crippen molar-refractivity contribution in [3.8, 4) is 11.4 Å². The lowest BCUT2D eigenvalue weighted by Gasteiger charge is -2.30. The van der Waals surface area contributed by atoms with Crippen molar-refractivity contribution in [2.75, 3.05) is 57.3 Å². The monoisotopic (exact) mass is 423 g/mol. The largest absolute Gasteiger partial charge is 0.369 e. The smallest absolute Gasteiger partial charge is 0.163 e. The van der Waals surface area contributed by atoms with E-state index in [0.29, 0.717) is 0 Å². The predicted molar refractivity (Wildman–Crippen MR) is 130 cm³/mol. The minimum atomic E-state index is 0.824. The Bertz CT molecular complexity index is 928. The molecule has 0 radical (unpaired) electrons. The van der Waals surface area contributed by atoms with Gasteiger partial charge in [0.15, 0.2) is 5.65 Å². The molecule has 3 aromatic rings. The quantitative estimate of drug-likeness (QED) is 0.444. The summed E-state index contributed by atoms with van der Waals surface area (Å²) in [6.07, 6.45) is 3.35. The Kier molecular flexibility index (Phi) is 8.37. The molecule has 2 heterocycles. The van der Waals surface area contributed by atoms with E-state index in [1.807, 2.05) is 11.6 Å². The number of imidazole rings is 1. The zero-order valence-corrected chi connectivity index (χ0v) is 19.8. The Balaban J connectivity index is 1.88. The zero-order chi connectivity index (χ0) is 22.2. The molecule has 168 valence electrons. The number of hydrogen-bond acceptors (Lipinski definition) is 6. The van der Waals surface area contributed by atoms with Gasteiger partial charge >= 0.3 is 0 Å². The number of benzene rings is 1. The van der Waals surface area contributed by atoms with E-state index in [4.69, 9.17) is 4.98 Å². The van der Waals surface area contributed by atoms with Crippen LogP contribution >= 0.6 is 0 Å². The summed E-state index contributed by atoms with van der Waals surface area (Å²) in [6.45, 7) is 17.4. The van der Waals surface area contributed by atoms with E-state index in [9.17, 15) is 0 Å². The molecule has 2 aromatic heterocycles. The van der Waals surface area contributed by atoms with E-state index in [1.54, 1.807) is 12.5 Å². The minimum absolute atomic E-state index is 0.824. The maximum Gasteiger partial charge on any atom is 0.163 e. The van der Waals surface area contributed by atoms with Crippen LogP contribution in [0.1, 0.15) is 27.7 Å². The maximum absolute atomic E-state index is 4.79. The molecule has 0 aliphatic carbocycles. The summed E-state index contributed by atoms with van der Waals surface area (Å²) >= 11 is 0. The fraction of sp³-hybridized carbons (Fsp3) is 0.542. The number of fused-ring (bicyclic) bond motifs is 1. The lowest BCUT2D eigenvalue weighted by atomic mass is 10.1. The van der Waals surface area contributed by atoms with Crippen LogP contribution in [0.2, 0.25) is 0 Å². The first-order valence-electron chi connectivity index (χ1n) is 11.5. The first kappa shape index (κ1) is 23.2. The average Bonchev–Trinajstić information content (AvgIpc) is 3.15. The maximum atomic E-state index is 4.79. The Morgan fingerprint density at radius 2 is 1.52 bits per heavy atom. The first-order valence-corrected chi connectivity index (χ1v) is 11.5. The van der Waals surface area contributed by atoms with E-state index in [2.05, 4.69) is 76.6 Å². The van der Waals surface area contributed by atoms with Crippen molar-refractivity contribution in [1.82, 2.24) is 29.3 Å². The average molecular weight is 424 g/mol. The number of anilines is 1. The van der Waals surface area contributed by atoms with Crippen LogP contribution in [0, 0.1) is 0 Å². The molecular formula is C24H37N7. The lowest BCUT2D eigenvalue weighted by molar-refractivity contribution is 0.294. The van der Waals surface area contributed by atoms with Gasteiger partial charge in [-0.05, 0) is 38.3 Å². The fourth-order valence-electron chi connectivity index (χ4n) is 4.02. The van der Waals surface area contributed by atoms with Crippen LogP contribution in [-0.2, 0) is 7.05 Å². The second kappa shape index (κ2) is 11.2. The van der Waals surface area contributed by atoms with Gasteiger partial charge in [0.2, 0.25) is 0 Å². The summed E-state index contributed by atoms with van der Waals surface area (Å²) < 4.78 is 2.05. The van der Waals surface area contributed by atoms with Gasteiger partial charge in [-0.25, -0.2) is 15.0 Å². The molecule has 0 aliphatic rings. The standard InChI is InChI=1S/C24H37N7/c1-6-29(7-2)13-15-31(16-14-30(8-3)9-4)21-12-10-11-20(17-21)23-27-22-18-25-19-26-24(22)28(23)5/h10-12,17-19H,6-9,13-16H2,1-5H3. The molecule has 3 rings (SSSR count). The third-order valence-corrected chi connectivity index (χ3v) is 6.17. The molecule has 0 N–H and O–H groups in total. The molecule has 0 aliphatic heterocycles. The summed E-state index contributed by atoms with van der Waals surface area (Å²) in [7, 11) is 2.02. The van der Waals surface area contributed by atoms with Crippen LogP contribution in [0.4, 0.5) is 5.69 Å². The van der Waals surface area contributed by atoms with Gasteiger partial charge in [-0.2, -0.15) is 0 Å². The minimum Gasteiger partial charge on any atom is -0.369 e. The number of hydrogen-bond donors (Lipinski definition) is 0. The highest BCUT2D eigenvalue weighted by Crippen LogP contribution is 2.26. The van der Waals surface area contributed by atoms with Gasteiger partial charge in [0.05, 0.1) is 6.20 Å². The summed E-state index contributed by atoms with van der Waals surface area (Å²) in [5.74, 6) is 0.921. The zero-order valence-electron chi connectivity index (χ0n) is 19.8. The van der Waals surface area contributed by atoms with Gasteiger partial charge in [0.1, 0.15) is 17.7 Å². The summed E-state index contributed by atoms with van der Waals surface area (Å²) in [4.78, 5) is 20.8. The van der Waals surface area contributed by atoms with Crippen LogP contribution in [0.3, 0.4) is 0 Å². The van der Waals surface area contributed by atoms with Gasteiger partial charge in [0, 0.05) is 44.5 Å². The van der Waals surface area contributed by atoms with E-state index in [0.717, 1.165) is 74.9 Å². The van der Waals surface area contributed by atoms with Crippen LogP contribution in [-0.4, -0.2) is 81.7 Å². The van der Waals surface area contributed by atoms with Crippen LogP contribution in [0.25, 0.3) is 22.6 Å². The fourth-order valence-corrected chi connectivity index (χ4v) is 4.02. The summed E-state index contributed by atoms with van der Waals surface area (Å²) in [5.41, 5.74) is 4.03. The molecule has 0 spiro atoms. The second-order valence-corrected chi connectivity index (χ2v) is 7.82. The summed E-state index contributed by atoms with van der Waals surface area (Å²) in [5, 5.41) is 0. The van der Waals surface area contributed by atoms with Crippen LogP contribution in [0.15, 0.2) is 36.8 Å². The van der Waals surface area contributed by atoms with E-state index < -0.39 is 0 Å². The molecule has 31 heavy (non-hydrogen) atoms. The predicted octanol–water partition coefficient (Wildman–Crippen LogP) is 3.52. The first-order chi connectivity index (χ1) is 15.1. The van der Waals surface area contributed by atoms with E-state index in [1.165, 1.54) is 5.69 Å². The van der Waals surface area contributed by atoms with Crippen molar-refractivity contribution in [3.63, 3.8) is 0 Å². The Morgan fingerprint density at radius 1 is 0.871 bits per heavy atom. The molecule has 0 saturated heterocycles. The van der Waals surface area contributed by atoms with Gasteiger partial charge in [-0.3, -0.25) is 0 Å². The normalized spacial score (nSPS) is 11.7. The molecular weight excluding hydrogens is 386 g/mol. The molecule has 0 bridgehead atoms. The topological polar surface area (TPSA) is 53.3 Å². The molecule has 7 nitrogen and oxygen atoms in total. The highest BCUT2D eigenvalue weighted by Gasteiger charge is 2.14. The van der Waals surface area contributed by atoms with Crippen LogP contribution in [0.5, 0.6) is 0 Å². The Labute approximate surface area is 186 Å². The molecule has 0 fully saturated rings. The number of rotatable bonds is 12. The highest BCUT2D eigenvalue weighted by molar-refractivity contribution is 5.77.